The molecule has 1 aliphatic rings. The molecule has 0 atom stereocenters. The zero-order chi connectivity index (χ0) is 18.9. The molecule has 2 aromatic rings. The molecule has 3 rings (SSSR count). The molecule has 0 aromatic heterocycles. The van der Waals surface area contributed by atoms with Crippen LogP contribution in [0.25, 0.3) is 0 Å². The maximum absolute atomic E-state index is 12.8. The molecule has 2 amide bonds. The smallest absolute Gasteiger partial charge is 0.416 e. The number of nitrogens with zero attached hydrogens (tertiary/aromatic N) is 1. The van der Waals surface area contributed by atoms with E-state index in [1.54, 1.807) is 12.1 Å². The number of halogens is 3. The van der Waals surface area contributed by atoms with Crippen molar-refractivity contribution in [2.24, 2.45) is 0 Å². The highest BCUT2D eigenvalue weighted by Gasteiger charge is 2.31. The summed E-state index contributed by atoms with van der Waals surface area (Å²) in [5, 5.41) is 2.39. The fourth-order valence-electron chi connectivity index (χ4n) is 2.60. The molecule has 0 spiro atoms. The van der Waals surface area contributed by atoms with Gasteiger partial charge in [-0.2, -0.15) is 13.2 Å². The Morgan fingerprint density at radius 1 is 1.23 bits per heavy atom. The van der Waals surface area contributed by atoms with Gasteiger partial charge in [0.25, 0.3) is 5.91 Å². The van der Waals surface area contributed by atoms with E-state index in [0.29, 0.717) is 11.4 Å². The Balaban J connectivity index is 1.77. The summed E-state index contributed by atoms with van der Waals surface area (Å²) in [4.78, 5) is 25.6. The average Bonchev–Trinajstić information content (AvgIpc) is 2.57. The molecule has 1 aliphatic heterocycles. The zero-order valence-corrected chi connectivity index (χ0v) is 13.8. The second-order valence-corrected chi connectivity index (χ2v) is 5.87. The van der Waals surface area contributed by atoms with Gasteiger partial charge in [0, 0.05) is 5.69 Å². The van der Waals surface area contributed by atoms with Crippen LogP contribution in [0.5, 0.6) is 5.75 Å². The average molecular weight is 364 g/mol. The van der Waals surface area contributed by atoms with Crippen molar-refractivity contribution in [3.63, 3.8) is 0 Å². The van der Waals surface area contributed by atoms with E-state index in [9.17, 15) is 22.8 Å². The van der Waals surface area contributed by atoms with Crippen molar-refractivity contribution in [1.82, 2.24) is 0 Å². The van der Waals surface area contributed by atoms with Gasteiger partial charge < -0.3 is 10.1 Å². The number of nitrogens with one attached hydrogen (secondary N) is 1. The van der Waals surface area contributed by atoms with Gasteiger partial charge in [-0.1, -0.05) is 12.1 Å². The number of alkyl halides is 3. The SMILES string of the molecule is Cc1ccc2c(c1)N(CC(=O)Nc1cccc(C(F)(F)F)c1)C(=O)CO2. The number of rotatable bonds is 3. The van der Waals surface area contributed by atoms with Crippen LogP contribution in [0.2, 0.25) is 0 Å². The van der Waals surface area contributed by atoms with Crippen molar-refractivity contribution in [3.8, 4) is 5.75 Å². The number of carbonyl (C=O) groups excluding carboxylic acids is 2. The van der Waals surface area contributed by atoms with Gasteiger partial charge in [0.2, 0.25) is 5.91 Å². The molecule has 2 aromatic carbocycles. The molecule has 0 saturated carbocycles. The minimum absolute atomic E-state index is 0.00926. The van der Waals surface area contributed by atoms with Crippen LogP contribution in [-0.2, 0) is 15.8 Å². The predicted octanol–water partition coefficient (Wildman–Crippen LogP) is 3.38. The summed E-state index contributed by atoms with van der Waals surface area (Å²) in [7, 11) is 0. The number of anilines is 2. The van der Waals surface area contributed by atoms with Crippen molar-refractivity contribution in [2.75, 3.05) is 23.4 Å². The Hall–Kier alpha value is -3.03. The van der Waals surface area contributed by atoms with Gasteiger partial charge in [-0.05, 0) is 42.8 Å². The molecule has 0 saturated heterocycles. The van der Waals surface area contributed by atoms with Gasteiger partial charge in [-0.15, -0.1) is 0 Å². The third-order valence-corrected chi connectivity index (χ3v) is 3.83. The molecule has 136 valence electrons. The number of aryl methyl sites for hydroxylation is 1. The van der Waals surface area contributed by atoms with Crippen LogP contribution >= 0.6 is 0 Å². The normalized spacial score (nSPS) is 13.8. The Labute approximate surface area is 147 Å². The first-order chi connectivity index (χ1) is 12.2. The number of fused-ring (bicyclic) bond motifs is 1. The Bertz CT molecular complexity index is 865. The molecule has 0 unspecified atom stereocenters. The minimum atomic E-state index is -4.50. The summed E-state index contributed by atoms with van der Waals surface area (Å²) >= 11 is 0. The number of hydrogen-bond donors (Lipinski definition) is 1. The van der Waals surface area contributed by atoms with E-state index in [1.807, 2.05) is 13.0 Å². The van der Waals surface area contributed by atoms with Crippen LogP contribution in [0.15, 0.2) is 42.5 Å². The Morgan fingerprint density at radius 2 is 2.00 bits per heavy atom. The van der Waals surface area contributed by atoms with Crippen LogP contribution in [0.4, 0.5) is 24.5 Å². The minimum Gasteiger partial charge on any atom is -0.482 e. The van der Waals surface area contributed by atoms with Crippen LogP contribution in [0.1, 0.15) is 11.1 Å². The van der Waals surface area contributed by atoms with Crippen LogP contribution < -0.4 is 15.0 Å². The van der Waals surface area contributed by atoms with Crippen LogP contribution in [0.3, 0.4) is 0 Å². The number of carbonyl (C=O) groups is 2. The van der Waals surface area contributed by atoms with Gasteiger partial charge in [0.15, 0.2) is 6.61 Å². The van der Waals surface area contributed by atoms with E-state index in [1.165, 1.54) is 17.0 Å². The van der Waals surface area contributed by atoms with E-state index in [4.69, 9.17) is 4.74 Å². The first kappa shape index (κ1) is 17.8. The number of hydrogen-bond acceptors (Lipinski definition) is 3. The zero-order valence-electron chi connectivity index (χ0n) is 13.8. The van der Waals surface area contributed by atoms with Crippen molar-refractivity contribution in [2.45, 2.75) is 13.1 Å². The van der Waals surface area contributed by atoms with Crippen molar-refractivity contribution >= 4 is 23.2 Å². The largest absolute Gasteiger partial charge is 0.482 e. The van der Waals surface area contributed by atoms with Crippen molar-refractivity contribution < 1.29 is 27.5 Å². The number of benzene rings is 2. The second-order valence-electron chi connectivity index (χ2n) is 5.87. The lowest BCUT2D eigenvalue weighted by Gasteiger charge is -2.29. The summed E-state index contributed by atoms with van der Waals surface area (Å²) in [6.45, 7) is 1.31. The predicted molar refractivity (Wildman–Crippen MR) is 89.1 cm³/mol. The van der Waals surface area contributed by atoms with E-state index in [-0.39, 0.29) is 18.8 Å². The standard InChI is InChI=1S/C18H15F3N2O3/c1-11-5-6-15-14(7-11)23(17(25)10-26-15)9-16(24)22-13-4-2-3-12(8-13)18(19,20)21/h2-8H,9-10H2,1H3,(H,22,24). The van der Waals surface area contributed by atoms with Gasteiger partial charge in [0.05, 0.1) is 11.3 Å². The molecule has 26 heavy (non-hydrogen) atoms. The topological polar surface area (TPSA) is 58.6 Å². The molecule has 8 heteroatoms. The first-order valence-corrected chi connectivity index (χ1v) is 7.75. The summed E-state index contributed by atoms with van der Waals surface area (Å²) in [6.07, 6.45) is -4.50. The first-order valence-electron chi connectivity index (χ1n) is 7.75. The lowest BCUT2D eigenvalue weighted by Crippen LogP contribution is -2.43. The monoisotopic (exact) mass is 364 g/mol. The summed E-state index contributed by atoms with van der Waals surface area (Å²) in [5.41, 5.74) is 0.486. The number of amides is 2. The van der Waals surface area contributed by atoms with Gasteiger partial charge in [-0.3, -0.25) is 14.5 Å². The maximum atomic E-state index is 12.8. The third kappa shape index (κ3) is 3.79. The number of ether oxygens (including phenoxy) is 1. The van der Waals surface area contributed by atoms with Crippen LogP contribution in [-0.4, -0.2) is 25.0 Å². The highest BCUT2D eigenvalue weighted by Crippen LogP contribution is 2.33. The molecule has 0 aliphatic carbocycles. The van der Waals surface area contributed by atoms with E-state index in [2.05, 4.69) is 5.32 Å². The Morgan fingerprint density at radius 3 is 2.73 bits per heavy atom. The van der Waals surface area contributed by atoms with E-state index >= 15 is 0 Å². The van der Waals surface area contributed by atoms with E-state index < -0.39 is 23.6 Å². The fraction of sp³-hybridized carbons (Fsp3) is 0.222. The van der Waals surface area contributed by atoms with Crippen LogP contribution in [0, 0.1) is 6.92 Å². The van der Waals surface area contributed by atoms with Gasteiger partial charge in [-0.25, -0.2) is 0 Å². The Kier molecular flexibility index (Phi) is 4.58. The van der Waals surface area contributed by atoms with E-state index in [0.717, 1.165) is 17.7 Å². The van der Waals surface area contributed by atoms with Crippen molar-refractivity contribution in [3.05, 3.63) is 53.6 Å². The second kappa shape index (κ2) is 6.70. The molecule has 5 nitrogen and oxygen atoms in total. The summed E-state index contributed by atoms with van der Waals surface area (Å²) in [5.74, 6) is -0.531. The molecule has 0 fully saturated rings. The molecule has 1 heterocycles. The summed E-state index contributed by atoms with van der Waals surface area (Å²) in [6, 6.07) is 9.55. The van der Waals surface area contributed by atoms with Gasteiger partial charge >= 0.3 is 6.18 Å². The molecular formula is C18H15F3N2O3. The molecule has 0 bridgehead atoms. The lowest BCUT2D eigenvalue weighted by atomic mass is 10.1. The summed E-state index contributed by atoms with van der Waals surface area (Å²) < 4.78 is 43.6. The molecular weight excluding hydrogens is 349 g/mol. The highest BCUT2D eigenvalue weighted by molar-refractivity contribution is 6.05. The lowest BCUT2D eigenvalue weighted by molar-refractivity contribution is -0.137. The fourth-order valence-corrected chi connectivity index (χ4v) is 2.60. The van der Waals surface area contributed by atoms with Gasteiger partial charge in [0.1, 0.15) is 12.3 Å². The maximum Gasteiger partial charge on any atom is 0.416 e. The highest BCUT2D eigenvalue weighted by atomic mass is 19.4. The third-order valence-electron chi connectivity index (χ3n) is 3.83. The quantitative estimate of drug-likeness (QED) is 0.908. The molecule has 0 radical (unpaired) electrons. The van der Waals surface area contributed by atoms with Crippen molar-refractivity contribution in [1.29, 1.82) is 0 Å². The molecule has 1 N–H and O–H groups in total.